The third-order valence-electron chi connectivity index (χ3n) is 6.43. The fraction of sp³-hybridized carbons (Fsp3) is 0.267. The van der Waals surface area contributed by atoms with Gasteiger partial charge in [0.15, 0.2) is 11.6 Å². The van der Waals surface area contributed by atoms with Gasteiger partial charge in [-0.05, 0) is 59.9 Å². The van der Waals surface area contributed by atoms with Gasteiger partial charge in [0.2, 0.25) is 0 Å². The first-order valence-electron chi connectivity index (χ1n) is 12.2. The minimum atomic E-state index is -1.18. The molecule has 1 heterocycles. The number of methoxy groups -OCH3 is 1. The molecule has 1 unspecified atom stereocenters. The van der Waals surface area contributed by atoms with E-state index in [1.54, 1.807) is 36.4 Å². The van der Waals surface area contributed by atoms with E-state index in [-0.39, 0.29) is 22.2 Å². The maximum Gasteiger partial charge on any atom is 0.300 e. The maximum atomic E-state index is 14.2. The lowest BCUT2D eigenvalue weighted by atomic mass is 9.85. The van der Waals surface area contributed by atoms with Crippen LogP contribution in [0.5, 0.6) is 11.5 Å². The van der Waals surface area contributed by atoms with Gasteiger partial charge >= 0.3 is 0 Å². The van der Waals surface area contributed by atoms with Crippen LogP contribution in [0.3, 0.4) is 0 Å². The van der Waals surface area contributed by atoms with Crippen molar-refractivity contribution in [3.63, 3.8) is 0 Å². The molecular weight excluding hydrogens is 492 g/mol. The van der Waals surface area contributed by atoms with Gasteiger partial charge < -0.3 is 14.6 Å². The predicted molar refractivity (Wildman–Crippen MR) is 140 cm³/mol. The molecule has 0 aromatic heterocycles. The lowest BCUT2D eigenvalue weighted by Gasteiger charge is -2.26. The van der Waals surface area contributed by atoms with Gasteiger partial charge in [0.05, 0.1) is 30.9 Å². The molecule has 4 rings (SSSR count). The normalized spacial score (nSPS) is 17.1. The molecule has 0 bridgehead atoms. The first kappa shape index (κ1) is 26.9. The second-order valence-corrected chi connectivity index (χ2v) is 9.94. The largest absolute Gasteiger partial charge is 0.507 e. The van der Waals surface area contributed by atoms with E-state index < -0.39 is 35.1 Å². The molecule has 3 aromatic rings. The van der Waals surface area contributed by atoms with Crippen LogP contribution >= 0.6 is 0 Å². The number of rotatable bonds is 6. The topological polar surface area (TPSA) is 76.1 Å². The summed E-state index contributed by atoms with van der Waals surface area (Å²) < 4.78 is 39.0. The van der Waals surface area contributed by atoms with E-state index in [2.05, 4.69) is 0 Å². The summed E-state index contributed by atoms with van der Waals surface area (Å²) in [4.78, 5) is 27.9. The van der Waals surface area contributed by atoms with Crippen LogP contribution in [-0.2, 0) is 15.0 Å². The number of hydrogen-bond acceptors (Lipinski definition) is 5. The van der Waals surface area contributed by atoms with Crippen molar-refractivity contribution in [2.75, 3.05) is 18.6 Å². The highest BCUT2D eigenvalue weighted by Crippen LogP contribution is 2.44. The SMILES string of the molecule is CCOc1cccc(C2/C(=C(\O)c3cc(C(C)(C)C)ccc3OC)C(=O)C(=O)N2c2ccc(F)c(F)c2)c1. The summed E-state index contributed by atoms with van der Waals surface area (Å²) in [5.74, 6) is -3.89. The first-order chi connectivity index (χ1) is 18.0. The molecule has 1 fully saturated rings. The highest BCUT2D eigenvalue weighted by atomic mass is 19.2. The zero-order valence-electron chi connectivity index (χ0n) is 21.8. The van der Waals surface area contributed by atoms with Crippen molar-refractivity contribution in [2.45, 2.75) is 39.2 Å². The summed E-state index contributed by atoms with van der Waals surface area (Å²) in [5, 5.41) is 11.6. The average molecular weight is 522 g/mol. The van der Waals surface area contributed by atoms with Crippen LogP contribution in [0, 0.1) is 11.6 Å². The van der Waals surface area contributed by atoms with Gasteiger partial charge in [-0.1, -0.05) is 39.0 Å². The Morgan fingerprint density at radius 3 is 2.37 bits per heavy atom. The molecule has 8 heteroatoms. The Hall–Kier alpha value is -4.20. The second-order valence-electron chi connectivity index (χ2n) is 9.94. The van der Waals surface area contributed by atoms with Crippen LogP contribution < -0.4 is 14.4 Å². The van der Waals surface area contributed by atoms with Crippen molar-refractivity contribution in [3.8, 4) is 11.5 Å². The standard InChI is InChI=1S/C30H29F2NO5/c1-6-38-20-9-7-8-17(14-20)26-25(27(34)21-15-18(30(2,3)4)10-13-24(21)37-5)28(35)29(36)33(26)19-11-12-22(31)23(32)16-19/h7-16,26,34H,6H2,1-5H3/b27-25+. The summed E-state index contributed by atoms with van der Waals surface area (Å²) in [6.45, 7) is 8.19. The highest BCUT2D eigenvalue weighted by Gasteiger charge is 2.47. The van der Waals surface area contributed by atoms with Crippen molar-refractivity contribution >= 4 is 23.1 Å². The lowest BCUT2D eigenvalue weighted by Crippen LogP contribution is -2.29. The fourth-order valence-corrected chi connectivity index (χ4v) is 4.49. The van der Waals surface area contributed by atoms with Gasteiger partial charge in [0.1, 0.15) is 17.3 Å². The predicted octanol–water partition coefficient (Wildman–Crippen LogP) is 6.30. The number of ketones is 1. The minimum absolute atomic E-state index is 0.0349. The molecular formula is C30H29F2NO5. The van der Waals surface area contributed by atoms with E-state index >= 15 is 0 Å². The molecule has 0 aliphatic carbocycles. The van der Waals surface area contributed by atoms with Crippen molar-refractivity contribution < 1.29 is 33.0 Å². The number of hydrogen-bond donors (Lipinski definition) is 1. The van der Waals surface area contributed by atoms with Gasteiger partial charge in [-0.2, -0.15) is 0 Å². The third kappa shape index (κ3) is 4.86. The van der Waals surface area contributed by atoms with E-state index in [1.165, 1.54) is 13.2 Å². The summed E-state index contributed by atoms with van der Waals surface area (Å²) in [5.41, 5.74) is 1.00. The Morgan fingerprint density at radius 2 is 1.74 bits per heavy atom. The Bertz CT molecular complexity index is 1440. The smallest absolute Gasteiger partial charge is 0.300 e. The number of aliphatic hydroxyl groups is 1. The number of ether oxygens (including phenoxy) is 2. The molecule has 0 radical (unpaired) electrons. The summed E-state index contributed by atoms with van der Waals surface area (Å²) in [6.07, 6.45) is 0. The van der Waals surface area contributed by atoms with Gasteiger partial charge in [0, 0.05) is 11.8 Å². The second kappa shape index (κ2) is 10.3. The number of anilines is 1. The van der Waals surface area contributed by atoms with Gasteiger partial charge in [-0.15, -0.1) is 0 Å². The lowest BCUT2D eigenvalue weighted by molar-refractivity contribution is -0.132. The van der Waals surface area contributed by atoms with Gasteiger partial charge in [-0.25, -0.2) is 8.78 Å². The van der Waals surface area contributed by atoms with Gasteiger partial charge in [-0.3, -0.25) is 14.5 Å². The van der Waals surface area contributed by atoms with E-state index in [0.717, 1.165) is 22.6 Å². The summed E-state index contributed by atoms with van der Waals surface area (Å²) in [7, 11) is 1.44. The van der Waals surface area contributed by atoms with Crippen LogP contribution in [0.25, 0.3) is 5.76 Å². The number of carbonyl (C=O) groups excluding carboxylic acids is 2. The van der Waals surface area contributed by atoms with E-state index in [4.69, 9.17) is 9.47 Å². The van der Waals surface area contributed by atoms with Crippen molar-refractivity contribution in [3.05, 3.63) is 94.6 Å². The van der Waals surface area contributed by atoms with Crippen molar-refractivity contribution in [1.29, 1.82) is 0 Å². The molecule has 1 saturated heterocycles. The first-order valence-corrected chi connectivity index (χ1v) is 12.2. The van der Waals surface area contributed by atoms with Crippen LogP contribution in [0.4, 0.5) is 14.5 Å². The molecule has 1 atom stereocenters. The molecule has 0 saturated carbocycles. The molecule has 0 spiro atoms. The van der Waals surface area contributed by atoms with Crippen LogP contribution in [0.2, 0.25) is 0 Å². The minimum Gasteiger partial charge on any atom is -0.507 e. The maximum absolute atomic E-state index is 14.2. The zero-order valence-corrected chi connectivity index (χ0v) is 21.8. The Kier molecular flexibility index (Phi) is 7.26. The zero-order chi connectivity index (χ0) is 27.8. The molecule has 1 N–H and O–H groups in total. The monoisotopic (exact) mass is 521 g/mol. The molecule has 1 aliphatic heterocycles. The average Bonchev–Trinajstić information content (AvgIpc) is 3.15. The van der Waals surface area contributed by atoms with E-state index in [1.807, 2.05) is 33.8 Å². The number of amides is 1. The van der Waals surface area contributed by atoms with Crippen LogP contribution in [0.15, 0.2) is 66.2 Å². The van der Waals surface area contributed by atoms with E-state index in [0.29, 0.717) is 23.7 Å². The number of benzene rings is 3. The molecule has 198 valence electrons. The van der Waals surface area contributed by atoms with Crippen LogP contribution in [-0.4, -0.2) is 30.5 Å². The molecule has 3 aromatic carbocycles. The number of halogens is 2. The molecule has 6 nitrogen and oxygen atoms in total. The number of nitrogens with zero attached hydrogens (tertiary/aromatic N) is 1. The quantitative estimate of drug-likeness (QED) is 0.234. The van der Waals surface area contributed by atoms with Crippen LogP contribution in [0.1, 0.15) is 50.4 Å². The Morgan fingerprint density at radius 1 is 1.00 bits per heavy atom. The van der Waals surface area contributed by atoms with E-state index in [9.17, 15) is 23.5 Å². The van der Waals surface area contributed by atoms with Gasteiger partial charge in [0.25, 0.3) is 11.7 Å². The number of carbonyl (C=O) groups is 2. The Labute approximate surface area is 220 Å². The Balaban J connectivity index is 2.01. The van der Waals surface area contributed by atoms with Crippen molar-refractivity contribution in [1.82, 2.24) is 0 Å². The fourth-order valence-electron chi connectivity index (χ4n) is 4.49. The third-order valence-corrected chi connectivity index (χ3v) is 6.43. The summed E-state index contributed by atoms with van der Waals surface area (Å²) >= 11 is 0. The molecule has 1 amide bonds. The molecule has 1 aliphatic rings. The molecule has 38 heavy (non-hydrogen) atoms. The number of Topliss-reactive ketones (excluding diaryl/α,β-unsaturated/α-hetero) is 1. The van der Waals surface area contributed by atoms with Crippen molar-refractivity contribution in [2.24, 2.45) is 0 Å². The summed E-state index contributed by atoms with van der Waals surface area (Å²) in [6, 6.07) is 13.8. The number of aliphatic hydroxyl groups excluding tert-OH is 1. The highest BCUT2D eigenvalue weighted by molar-refractivity contribution is 6.51.